The highest BCUT2D eigenvalue weighted by Gasteiger charge is 2.20. The molecule has 148 valence electrons. The van der Waals surface area contributed by atoms with E-state index in [4.69, 9.17) is 9.47 Å². The zero-order valence-corrected chi connectivity index (χ0v) is 16.4. The van der Waals surface area contributed by atoms with Crippen LogP contribution in [-0.4, -0.2) is 55.5 Å². The first-order valence-electron chi connectivity index (χ1n) is 9.97. The lowest BCUT2D eigenvalue weighted by molar-refractivity contribution is 0.148. The van der Waals surface area contributed by atoms with Gasteiger partial charge in [-0.2, -0.15) is 0 Å². The maximum Gasteiger partial charge on any atom is 0.411 e. The minimum absolute atomic E-state index is 0.405. The van der Waals surface area contributed by atoms with Crippen molar-refractivity contribution in [1.29, 1.82) is 0 Å². The molecule has 27 heavy (non-hydrogen) atoms. The summed E-state index contributed by atoms with van der Waals surface area (Å²) in [6, 6.07) is 8.74. The van der Waals surface area contributed by atoms with E-state index in [9.17, 15) is 4.79 Å². The molecule has 1 aromatic heterocycles. The Kier molecular flexibility index (Phi) is 7.12. The van der Waals surface area contributed by atoms with Gasteiger partial charge in [-0.05, 0) is 56.5 Å². The van der Waals surface area contributed by atoms with Crippen molar-refractivity contribution in [2.75, 3.05) is 45.3 Å². The highest BCUT2D eigenvalue weighted by Crippen LogP contribution is 2.29. The lowest BCUT2D eigenvalue weighted by Crippen LogP contribution is -2.34. The zero-order valence-electron chi connectivity index (χ0n) is 16.4. The standard InChI is InChI=1S/C21H31N3O3/c1-3-23-11-9-19(10-12-23)24-13-8-17-16-18(6-7-20(17)24)22-21(25)27-15-5-4-14-26-2/h6-8,13,16,19H,3-5,9-12,14-15H2,1-2H3,(H,22,25). The molecule has 0 unspecified atom stereocenters. The maximum absolute atomic E-state index is 11.9. The summed E-state index contributed by atoms with van der Waals surface area (Å²) in [6.45, 7) is 6.79. The Balaban J connectivity index is 1.56. The number of ether oxygens (including phenoxy) is 2. The van der Waals surface area contributed by atoms with E-state index in [2.05, 4.69) is 40.0 Å². The highest BCUT2D eigenvalue weighted by molar-refractivity contribution is 5.90. The molecule has 0 spiro atoms. The first kappa shape index (κ1) is 19.7. The molecule has 3 rings (SSSR count). The second-order valence-corrected chi connectivity index (χ2v) is 7.12. The summed E-state index contributed by atoms with van der Waals surface area (Å²) in [4.78, 5) is 14.4. The van der Waals surface area contributed by atoms with Crippen molar-refractivity contribution in [1.82, 2.24) is 9.47 Å². The normalized spacial score (nSPS) is 15.9. The summed E-state index contributed by atoms with van der Waals surface area (Å²) in [5.41, 5.74) is 1.99. The summed E-state index contributed by atoms with van der Waals surface area (Å²) in [7, 11) is 1.67. The lowest BCUT2D eigenvalue weighted by Gasteiger charge is -2.32. The third-order valence-electron chi connectivity index (χ3n) is 5.34. The van der Waals surface area contributed by atoms with E-state index in [0.717, 1.165) is 43.5 Å². The van der Waals surface area contributed by atoms with Crippen molar-refractivity contribution < 1.29 is 14.3 Å². The van der Waals surface area contributed by atoms with Crippen LogP contribution < -0.4 is 5.32 Å². The largest absolute Gasteiger partial charge is 0.449 e. The molecule has 0 aliphatic carbocycles. The van der Waals surface area contributed by atoms with E-state index < -0.39 is 6.09 Å². The van der Waals surface area contributed by atoms with Crippen LogP contribution in [0.25, 0.3) is 10.9 Å². The Labute approximate surface area is 161 Å². The fourth-order valence-corrected chi connectivity index (χ4v) is 3.74. The van der Waals surface area contributed by atoms with E-state index in [0.29, 0.717) is 19.3 Å². The third kappa shape index (κ3) is 5.23. The minimum Gasteiger partial charge on any atom is -0.449 e. The number of piperidine rings is 1. The number of anilines is 1. The monoisotopic (exact) mass is 373 g/mol. The average Bonchev–Trinajstić information content (AvgIpc) is 3.11. The topological polar surface area (TPSA) is 55.7 Å². The first-order valence-corrected chi connectivity index (χ1v) is 9.97. The Hall–Kier alpha value is -2.05. The van der Waals surface area contributed by atoms with Crippen LogP contribution in [0.2, 0.25) is 0 Å². The van der Waals surface area contributed by atoms with Crippen molar-refractivity contribution >= 4 is 22.7 Å². The number of amides is 1. The number of hydrogen-bond acceptors (Lipinski definition) is 4. The SMILES string of the molecule is CCN1CCC(n2ccc3cc(NC(=O)OCCCCOC)ccc32)CC1. The number of carbonyl (C=O) groups excluding carboxylic acids is 1. The number of hydrogen-bond donors (Lipinski definition) is 1. The first-order chi connectivity index (χ1) is 13.2. The van der Waals surface area contributed by atoms with Crippen LogP contribution in [0.1, 0.15) is 38.6 Å². The predicted octanol–water partition coefficient (Wildman–Crippen LogP) is 4.27. The number of fused-ring (bicyclic) bond motifs is 1. The second-order valence-electron chi connectivity index (χ2n) is 7.12. The van der Waals surface area contributed by atoms with Crippen LogP contribution in [-0.2, 0) is 9.47 Å². The van der Waals surface area contributed by atoms with Crippen LogP contribution in [0.15, 0.2) is 30.5 Å². The van der Waals surface area contributed by atoms with Gasteiger partial charge in [-0.25, -0.2) is 4.79 Å². The van der Waals surface area contributed by atoms with Gasteiger partial charge in [0.1, 0.15) is 0 Å². The van der Waals surface area contributed by atoms with Gasteiger partial charge in [-0.1, -0.05) is 6.92 Å². The Morgan fingerprint density at radius 1 is 1.19 bits per heavy atom. The van der Waals surface area contributed by atoms with E-state index in [-0.39, 0.29) is 0 Å². The van der Waals surface area contributed by atoms with Gasteiger partial charge in [-0.15, -0.1) is 0 Å². The average molecular weight is 373 g/mol. The summed E-state index contributed by atoms with van der Waals surface area (Å²) >= 11 is 0. The van der Waals surface area contributed by atoms with E-state index in [1.54, 1.807) is 7.11 Å². The molecule has 1 N–H and O–H groups in total. The predicted molar refractivity (Wildman–Crippen MR) is 108 cm³/mol. The molecule has 0 radical (unpaired) electrons. The lowest BCUT2D eigenvalue weighted by atomic mass is 10.0. The third-order valence-corrected chi connectivity index (χ3v) is 5.34. The zero-order chi connectivity index (χ0) is 19.1. The van der Waals surface area contributed by atoms with Crippen molar-refractivity contribution in [2.24, 2.45) is 0 Å². The molecule has 6 nitrogen and oxygen atoms in total. The number of nitrogens with zero attached hydrogens (tertiary/aromatic N) is 2. The van der Waals surface area contributed by atoms with Gasteiger partial charge in [0, 0.05) is 55.6 Å². The maximum atomic E-state index is 11.9. The van der Waals surface area contributed by atoms with E-state index in [1.807, 2.05) is 12.1 Å². The molecule has 6 heteroatoms. The number of likely N-dealkylation sites (tertiary alicyclic amines) is 1. The van der Waals surface area contributed by atoms with Crippen molar-refractivity contribution in [2.45, 2.75) is 38.6 Å². The molecule has 1 fully saturated rings. The smallest absolute Gasteiger partial charge is 0.411 e. The molecular formula is C21H31N3O3. The van der Waals surface area contributed by atoms with Gasteiger partial charge >= 0.3 is 6.09 Å². The van der Waals surface area contributed by atoms with Crippen molar-refractivity contribution in [3.05, 3.63) is 30.5 Å². The van der Waals surface area contributed by atoms with Gasteiger partial charge in [0.05, 0.1) is 6.61 Å². The fraction of sp³-hybridized carbons (Fsp3) is 0.571. The van der Waals surface area contributed by atoms with Crippen LogP contribution in [0.4, 0.5) is 10.5 Å². The molecule has 1 aliphatic heterocycles. The van der Waals surface area contributed by atoms with Crippen LogP contribution in [0, 0.1) is 0 Å². The molecule has 0 atom stereocenters. The number of unbranched alkanes of at least 4 members (excludes halogenated alkanes) is 1. The number of aromatic nitrogens is 1. The van der Waals surface area contributed by atoms with Gasteiger partial charge in [0.25, 0.3) is 0 Å². The number of nitrogens with one attached hydrogen (secondary N) is 1. The van der Waals surface area contributed by atoms with Gasteiger partial charge in [0.2, 0.25) is 0 Å². The van der Waals surface area contributed by atoms with Gasteiger partial charge in [0.15, 0.2) is 0 Å². The number of benzene rings is 1. The minimum atomic E-state index is -0.405. The molecule has 2 heterocycles. The van der Waals surface area contributed by atoms with Crippen molar-refractivity contribution in [3.8, 4) is 0 Å². The Bertz CT molecular complexity index is 735. The summed E-state index contributed by atoms with van der Waals surface area (Å²) in [6.07, 6.45) is 5.84. The summed E-state index contributed by atoms with van der Waals surface area (Å²) in [5.74, 6) is 0. The molecule has 1 aromatic carbocycles. The Morgan fingerprint density at radius 2 is 1.96 bits per heavy atom. The quantitative estimate of drug-likeness (QED) is 0.702. The molecule has 1 saturated heterocycles. The summed E-state index contributed by atoms with van der Waals surface area (Å²) < 4.78 is 12.6. The van der Waals surface area contributed by atoms with Crippen LogP contribution in [0.5, 0.6) is 0 Å². The van der Waals surface area contributed by atoms with Crippen LogP contribution in [0.3, 0.4) is 0 Å². The molecule has 1 aliphatic rings. The molecule has 1 amide bonds. The molecule has 2 aromatic rings. The molecule has 0 bridgehead atoms. The van der Waals surface area contributed by atoms with Crippen LogP contribution >= 0.6 is 0 Å². The fourth-order valence-electron chi connectivity index (χ4n) is 3.74. The van der Waals surface area contributed by atoms with E-state index >= 15 is 0 Å². The van der Waals surface area contributed by atoms with Gasteiger partial charge < -0.3 is 18.9 Å². The number of methoxy groups -OCH3 is 1. The second kappa shape index (κ2) is 9.76. The molecular weight excluding hydrogens is 342 g/mol. The van der Waals surface area contributed by atoms with Gasteiger partial charge in [-0.3, -0.25) is 5.32 Å². The highest BCUT2D eigenvalue weighted by atomic mass is 16.5. The molecule has 0 saturated carbocycles. The summed E-state index contributed by atoms with van der Waals surface area (Å²) in [5, 5.41) is 3.96. The number of rotatable bonds is 8. The van der Waals surface area contributed by atoms with Crippen molar-refractivity contribution in [3.63, 3.8) is 0 Å². The number of carbonyl (C=O) groups is 1. The Morgan fingerprint density at radius 3 is 2.70 bits per heavy atom. The van der Waals surface area contributed by atoms with E-state index in [1.165, 1.54) is 18.4 Å².